The van der Waals surface area contributed by atoms with Gasteiger partial charge in [-0.05, 0) is 36.2 Å². The summed E-state index contributed by atoms with van der Waals surface area (Å²) in [6.45, 7) is 1.54. The fourth-order valence-corrected chi connectivity index (χ4v) is 2.73. The summed E-state index contributed by atoms with van der Waals surface area (Å²) in [5, 5.41) is 14.6. The summed E-state index contributed by atoms with van der Waals surface area (Å²) < 4.78 is 0.984. The highest BCUT2D eigenvalue weighted by atomic mass is 79.9. The second-order valence-corrected chi connectivity index (χ2v) is 5.88. The van der Waals surface area contributed by atoms with Gasteiger partial charge in [-0.3, -0.25) is 10.1 Å². The van der Waals surface area contributed by atoms with Gasteiger partial charge in [0, 0.05) is 28.2 Å². The Bertz CT molecular complexity index is 632. The quantitative estimate of drug-likeness (QED) is 0.468. The molecular formula is C15H14BrClN2O2. The number of non-ortho nitro benzene ring substituents is 1. The van der Waals surface area contributed by atoms with Crippen LogP contribution in [0.15, 0.2) is 46.9 Å². The Hall–Kier alpha value is -1.43. The van der Waals surface area contributed by atoms with Crippen LogP contribution in [0, 0.1) is 10.1 Å². The molecule has 4 nitrogen and oxygen atoms in total. The molecule has 6 heteroatoms. The smallest absolute Gasteiger partial charge is 0.269 e. The van der Waals surface area contributed by atoms with Crippen molar-refractivity contribution in [2.24, 2.45) is 0 Å². The summed E-state index contributed by atoms with van der Waals surface area (Å²) in [6.07, 6.45) is 0.823. The molecule has 0 aliphatic rings. The van der Waals surface area contributed by atoms with E-state index in [4.69, 9.17) is 11.6 Å². The first-order valence-corrected chi connectivity index (χ1v) is 7.61. The van der Waals surface area contributed by atoms with Crippen molar-refractivity contribution in [2.75, 3.05) is 6.54 Å². The van der Waals surface area contributed by atoms with E-state index < -0.39 is 0 Å². The van der Waals surface area contributed by atoms with Gasteiger partial charge in [0.25, 0.3) is 5.69 Å². The van der Waals surface area contributed by atoms with Crippen molar-refractivity contribution in [1.29, 1.82) is 0 Å². The molecular weight excluding hydrogens is 356 g/mol. The Morgan fingerprint density at radius 2 is 1.90 bits per heavy atom. The fraction of sp³-hybridized carbons (Fsp3) is 0.200. The predicted molar refractivity (Wildman–Crippen MR) is 87.7 cm³/mol. The van der Waals surface area contributed by atoms with Crippen LogP contribution in [0.5, 0.6) is 0 Å². The highest BCUT2D eigenvalue weighted by molar-refractivity contribution is 9.10. The van der Waals surface area contributed by atoms with Gasteiger partial charge in [0.1, 0.15) is 0 Å². The lowest BCUT2D eigenvalue weighted by molar-refractivity contribution is -0.384. The Kier molecular flexibility index (Phi) is 5.73. The van der Waals surface area contributed by atoms with Crippen LogP contribution in [0.25, 0.3) is 0 Å². The van der Waals surface area contributed by atoms with Crippen LogP contribution >= 0.6 is 27.5 Å². The lowest BCUT2D eigenvalue weighted by atomic mass is 10.1. The number of nitro groups is 1. The minimum Gasteiger partial charge on any atom is -0.312 e. The molecule has 0 fully saturated rings. The molecule has 110 valence electrons. The number of benzene rings is 2. The average Bonchev–Trinajstić information content (AvgIpc) is 2.46. The zero-order valence-electron chi connectivity index (χ0n) is 11.2. The minimum atomic E-state index is -0.389. The average molecular weight is 370 g/mol. The highest BCUT2D eigenvalue weighted by Crippen LogP contribution is 2.21. The molecule has 0 aromatic heterocycles. The molecule has 0 radical (unpaired) electrons. The molecule has 0 amide bonds. The molecule has 0 bridgehead atoms. The first-order valence-electron chi connectivity index (χ1n) is 6.44. The Morgan fingerprint density at radius 1 is 1.19 bits per heavy atom. The van der Waals surface area contributed by atoms with E-state index >= 15 is 0 Å². The number of halogens is 2. The topological polar surface area (TPSA) is 55.2 Å². The molecule has 0 atom stereocenters. The van der Waals surface area contributed by atoms with Gasteiger partial charge in [-0.15, -0.1) is 0 Å². The van der Waals surface area contributed by atoms with Crippen LogP contribution in [0.2, 0.25) is 5.02 Å². The van der Waals surface area contributed by atoms with Gasteiger partial charge in [-0.2, -0.15) is 0 Å². The van der Waals surface area contributed by atoms with Gasteiger partial charge in [0.2, 0.25) is 0 Å². The van der Waals surface area contributed by atoms with Crippen molar-refractivity contribution in [3.05, 3.63) is 73.2 Å². The highest BCUT2D eigenvalue weighted by Gasteiger charge is 2.04. The molecule has 21 heavy (non-hydrogen) atoms. The number of nitrogens with zero attached hydrogens (tertiary/aromatic N) is 1. The van der Waals surface area contributed by atoms with E-state index in [9.17, 15) is 10.1 Å². The normalized spacial score (nSPS) is 10.6. The third kappa shape index (κ3) is 4.81. The van der Waals surface area contributed by atoms with E-state index in [2.05, 4.69) is 21.2 Å². The van der Waals surface area contributed by atoms with Gasteiger partial charge in [0.15, 0.2) is 0 Å². The molecule has 0 spiro atoms. The standard InChI is InChI=1S/C15H14BrClN2O2/c16-15-9-13(17)4-3-12(15)10-18-8-7-11-1-5-14(6-2-11)19(20)21/h1-6,9,18H,7-8,10H2. The molecule has 0 heterocycles. The Morgan fingerprint density at radius 3 is 2.52 bits per heavy atom. The summed E-state index contributed by atoms with van der Waals surface area (Å²) in [4.78, 5) is 10.2. The van der Waals surface area contributed by atoms with Crippen molar-refractivity contribution in [3.8, 4) is 0 Å². The predicted octanol–water partition coefficient (Wildman–Crippen LogP) is 4.34. The Balaban J connectivity index is 1.80. The molecule has 1 N–H and O–H groups in total. The van der Waals surface area contributed by atoms with Crippen LogP contribution in [-0.4, -0.2) is 11.5 Å². The van der Waals surface area contributed by atoms with E-state index in [1.54, 1.807) is 12.1 Å². The van der Waals surface area contributed by atoms with E-state index in [1.807, 2.05) is 18.2 Å². The zero-order chi connectivity index (χ0) is 15.2. The summed E-state index contributed by atoms with van der Waals surface area (Å²) in [5.41, 5.74) is 2.34. The Labute approximate surface area is 136 Å². The molecule has 2 aromatic carbocycles. The van der Waals surface area contributed by atoms with E-state index in [1.165, 1.54) is 12.1 Å². The van der Waals surface area contributed by atoms with E-state index in [-0.39, 0.29) is 10.6 Å². The van der Waals surface area contributed by atoms with Crippen LogP contribution < -0.4 is 5.32 Å². The van der Waals surface area contributed by atoms with Gasteiger partial charge in [-0.1, -0.05) is 45.7 Å². The van der Waals surface area contributed by atoms with Gasteiger partial charge < -0.3 is 5.32 Å². The van der Waals surface area contributed by atoms with Crippen molar-refractivity contribution in [1.82, 2.24) is 5.32 Å². The first kappa shape index (κ1) is 15.9. The SMILES string of the molecule is O=[N+]([O-])c1ccc(CCNCc2ccc(Cl)cc2Br)cc1. The maximum Gasteiger partial charge on any atom is 0.269 e. The van der Waals surface area contributed by atoms with Crippen molar-refractivity contribution in [2.45, 2.75) is 13.0 Å². The molecule has 0 unspecified atom stereocenters. The second-order valence-electron chi connectivity index (χ2n) is 4.59. The second kappa shape index (κ2) is 7.54. The van der Waals surface area contributed by atoms with Crippen LogP contribution in [0.3, 0.4) is 0 Å². The molecule has 0 saturated carbocycles. The van der Waals surface area contributed by atoms with Crippen LogP contribution in [0.4, 0.5) is 5.69 Å². The van der Waals surface area contributed by atoms with Crippen LogP contribution in [-0.2, 0) is 13.0 Å². The first-order chi connectivity index (χ1) is 10.1. The maximum absolute atomic E-state index is 10.6. The lowest BCUT2D eigenvalue weighted by Crippen LogP contribution is -2.16. The van der Waals surface area contributed by atoms with Gasteiger partial charge in [-0.25, -0.2) is 0 Å². The van der Waals surface area contributed by atoms with Crippen LogP contribution in [0.1, 0.15) is 11.1 Å². The summed E-state index contributed by atoms with van der Waals surface area (Å²) in [6, 6.07) is 12.4. The number of rotatable bonds is 6. The fourth-order valence-electron chi connectivity index (χ4n) is 1.91. The van der Waals surface area contributed by atoms with Crippen molar-refractivity contribution in [3.63, 3.8) is 0 Å². The zero-order valence-corrected chi connectivity index (χ0v) is 13.5. The summed E-state index contributed by atoms with van der Waals surface area (Å²) in [5.74, 6) is 0. The summed E-state index contributed by atoms with van der Waals surface area (Å²) >= 11 is 9.37. The number of hydrogen-bond acceptors (Lipinski definition) is 3. The third-order valence-corrected chi connectivity index (χ3v) is 4.04. The number of hydrogen-bond donors (Lipinski definition) is 1. The van der Waals surface area contributed by atoms with E-state index in [0.717, 1.165) is 35.1 Å². The lowest BCUT2D eigenvalue weighted by Gasteiger charge is -2.07. The molecule has 0 saturated heterocycles. The van der Waals surface area contributed by atoms with E-state index in [0.29, 0.717) is 5.02 Å². The van der Waals surface area contributed by atoms with Gasteiger partial charge in [0.05, 0.1) is 4.92 Å². The monoisotopic (exact) mass is 368 g/mol. The summed E-state index contributed by atoms with van der Waals surface area (Å²) in [7, 11) is 0. The number of nitrogens with one attached hydrogen (secondary N) is 1. The molecule has 2 aromatic rings. The molecule has 0 aliphatic heterocycles. The number of nitro benzene ring substituents is 1. The van der Waals surface area contributed by atoms with Gasteiger partial charge >= 0.3 is 0 Å². The molecule has 0 aliphatic carbocycles. The molecule has 2 rings (SSSR count). The maximum atomic E-state index is 10.6. The largest absolute Gasteiger partial charge is 0.312 e. The van der Waals surface area contributed by atoms with Crippen molar-refractivity contribution < 1.29 is 4.92 Å². The minimum absolute atomic E-state index is 0.122. The third-order valence-electron chi connectivity index (χ3n) is 3.07. The van der Waals surface area contributed by atoms with Crippen molar-refractivity contribution >= 4 is 33.2 Å².